The third-order valence-electron chi connectivity index (χ3n) is 4.22. The summed E-state index contributed by atoms with van der Waals surface area (Å²) < 4.78 is 25.6. The number of nitrogens with one attached hydrogen (secondary N) is 1. The standard InChI is InChI=1S/C13H26N4O2S.HI/c1-17(11-7-8-11)13(14)15-9-10-5-3-4-6-12(10)16-20(2,18)19;/h10-12,16H,3-9H2,1-2H3,(H2,14,15);1H. The van der Waals surface area contributed by atoms with Crippen LogP contribution in [0.1, 0.15) is 38.5 Å². The van der Waals surface area contributed by atoms with E-state index in [0.717, 1.165) is 25.7 Å². The molecule has 0 bridgehead atoms. The first-order valence-electron chi connectivity index (χ1n) is 7.37. The Labute approximate surface area is 145 Å². The summed E-state index contributed by atoms with van der Waals surface area (Å²) in [5, 5.41) is 0. The highest BCUT2D eigenvalue weighted by molar-refractivity contribution is 14.0. The summed E-state index contributed by atoms with van der Waals surface area (Å²) in [7, 11) is -1.18. The zero-order valence-electron chi connectivity index (χ0n) is 12.8. The molecule has 2 atom stereocenters. The zero-order chi connectivity index (χ0) is 14.8. The molecule has 6 nitrogen and oxygen atoms in total. The summed E-state index contributed by atoms with van der Waals surface area (Å²) >= 11 is 0. The van der Waals surface area contributed by atoms with Crippen molar-refractivity contribution in [1.29, 1.82) is 0 Å². The van der Waals surface area contributed by atoms with Crippen LogP contribution in [0.4, 0.5) is 0 Å². The highest BCUT2D eigenvalue weighted by Crippen LogP contribution is 2.27. The first kappa shape index (κ1) is 19.0. The number of hydrogen-bond acceptors (Lipinski definition) is 3. The lowest BCUT2D eigenvalue weighted by Crippen LogP contribution is -2.43. The Bertz CT molecular complexity index is 465. The fourth-order valence-corrected chi connectivity index (χ4v) is 3.69. The van der Waals surface area contributed by atoms with Gasteiger partial charge in [-0.25, -0.2) is 13.1 Å². The highest BCUT2D eigenvalue weighted by atomic mass is 127. The van der Waals surface area contributed by atoms with E-state index < -0.39 is 10.0 Å². The van der Waals surface area contributed by atoms with Crippen LogP contribution in [0.2, 0.25) is 0 Å². The minimum absolute atomic E-state index is 0. The monoisotopic (exact) mass is 430 g/mol. The summed E-state index contributed by atoms with van der Waals surface area (Å²) in [5.41, 5.74) is 5.99. The Morgan fingerprint density at radius 3 is 2.48 bits per heavy atom. The number of halogens is 1. The molecule has 124 valence electrons. The quantitative estimate of drug-likeness (QED) is 0.389. The van der Waals surface area contributed by atoms with Gasteiger partial charge in [0.25, 0.3) is 0 Å². The largest absolute Gasteiger partial charge is 0.370 e. The Balaban J connectivity index is 0.00000220. The van der Waals surface area contributed by atoms with Crippen LogP contribution in [0.3, 0.4) is 0 Å². The highest BCUT2D eigenvalue weighted by Gasteiger charge is 2.29. The fraction of sp³-hybridized carbons (Fsp3) is 0.923. The minimum Gasteiger partial charge on any atom is -0.370 e. The van der Waals surface area contributed by atoms with E-state index in [4.69, 9.17) is 5.73 Å². The molecule has 0 saturated heterocycles. The van der Waals surface area contributed by atoms with Crippen molar-refractivity contribution < 1.29 is 8.42 Å². The second-order valence-electron chi connectivity index (χ2n) is 6.08. The van der Waals surface area contributed by atoms with Gasteiger partial charge in [-0.1, -0.05) is 12.8 Å². The molecule has 0 spiro atoms. The predicted molar refractivity (Wildman–Crippen MR) is 96.4 cm³/mol. The number of aliphatic imine (C=N–C) groups is 1. The summed E-state index contributed by atoms with van der Waals surface area (Å²) in [6.45, 7) is 0.607. The van der Waals surface area contributed by atoms with Crippen LogP contribution in [0, 0.1) is 5.92 Å². The molecule has 21 heavy (non-hydrogen) atoms. The van der Waals surface area contributed by atoms with Crippen LogP contribution < -0.4 is 10.5 Å². The summed E-state index contributed by atoms with van der Waals surface area (Å²) in [4.78, 5) is 6.50. The van der Waals surface area contributed by atoms with Crippen LogP contribution in [0.25, 0.3) is 0 Å². The molecular weight excluding hydrogens is 403 g/mol. The predicted octanol–water partition coefficient (Wildman–Crippen LogP) is 1.12. The Morgan fingerprint density at radius 1 is 1.29 bits per heavy atom. The molecule has 2 fully saturated rings. The minimum atomic E-state index is -3.16. The SMILES string of the molecule is CN(C(N)=NCC1CCCCC1NS(C)(=O)=O)C1CC1.I. The number of nitrogens with zero attached hydrogens (tertiary/aromatic N) is 2. The number of nitrogens with two attached hydrogens (primary N) is 1. The van der Waals surface area contributed by atoms with Gasteiger partial charge in [0, 0.05) is 25.7 Å². The van der Waals surface area contributed by atoms with Crippen molar-refractivity contribution in [3.8, 4) is 0 Å². The van der Waals surface area contributed by atoms with Crippen molar-refractivity contribution in [2.75, 3.05) is 19.8 Å². The van der Waals surface area contributed by atoms with E-state index in [2.05, 4.69) is 9.71 Å². The molecule has 2 saturated carbocycles. The molecule has 2 rings (SSSR count). The third-order valence-corrected chi connectivity index (χ3v) is 4.95. The van der Waals surface area contributed by atoms with Gasteiger partial charge in [-0.3, -0.25) is 4.99 Å². The van der Waals surface area contributed by atoms with E-state index in [-0.39, 0.29) is 35.9 Å². The van der Waals surface area contributed by atoms with Crippen LogP contribution in [0.15, 0.2) is 4.99 Å². The summed E-state index contributed by atoms with van der Waals surface area (Å²) in [5.74, 6) is 0.834. The normalized spacial score (nSPS) is 27.0. The lowest BCUT2D eigenvalue weighted by atomic mass is 9.85. The van der Waals surface area contributed by atoms with E-state index >= 15 is 0 Å². The van der Waals surface area contributed by atoms with Gasteiger partial charge in [-0.05, 0) is 31.6 Å². The van der Waals surface area contributed by atoms with Gasteiger partial charge in [-0.2, -0.15) is 0 Å². The molecule has 2 aliphatic rings. The lowest BCUT2D eigenvalue weighted by molar-refractivity contribution is 0.296. The molecule has 0 radical (unpaired) electrons. The smallest absolute Gasteiger partial charge is 0.208 e. The Hall–Kier alpha value is -0.0900. The second-order valence-corrected chi connectivity index (χ2v) is 7.86. The fourth-order valence-electron chi connectivity index (χ4n) is 2.83. The van der Waals surface area contributed by atoms with Gasteiger partial charge < -0.3 is 10.6 Å². The van der Waals surface area contributed by atoms with Crippen molar-refractivity contribution in [3.05, 3.63) is 0 Å². The molecule has 2 unspecified atom stereocenters. The maximum absolute atomic E-state index is 11.4. The van der Waals surface area contributed by atoms with Crippen LogP contribution in [-0.2, 0) is 10.0 Å². The van der Waals surface area contributed by atoms with E-state index in [0.29, 0.717) is 18.5 Å². The molecule has 0 aromatic heterocycles. The zero-order valence-corrected chi connectivity index (χ0v) is 15.9. The topological polar surface area (TPSA) is 87.8 Å². The van der Waals surface area contributed by atoms with Gasteiger partial charge in [-0.15, -0.1) is 24.0 Å². The van der Waals surface area contributed by atoms with Crippen molar-refractivity contribution in [1.82, 2.24) is 9.62 Å². The Morgan fingerprint density at radius 2 is 1.90 bits per heavy atom. The average molecular weight is 430 g/mol. The van der Waals surface area contributed by atoms with E-state index in [1.54, 1.807) is 0 Å². The first-order valence-corrected chi connectivity index (χ1v) is 9.26. The number of guanidine groups is 1. The average Bonchev–Trinajstić information content (AvgIpc) is 3.19. The maximum Gasteiger partial charge on any atom is 0.208 e. The molecular formula is C13H27IN4O2S. The Kier molecular flexibility index (Phi) is 7.18. The van der Waals surface area contributed by atoms with Crippen LogP contribution >= 0.6 is 24.0 Å². The molecule has 3 N–H and O–H groups in total. The molecule has 8 heteroatoms. The molecule has 0 aromatic carbocycles. The van der Waals surface area contributed by atoms with Gasteiger partial charge in [0.2, 0.25) is 10.0 Å². The molecule has 0 aliphatic heterocycles. The molecule has 0 heterocycles. The van der Waals surface area contributed by atoms with Gasteiger partial charge in [0.1, 0.15) is 0 Å². The lowest BCUT2D eigenvalue weighted by Gasteiger charge is -2.30. The van der Waals surface area contributed by atoms with Gasteiger partial charge in [0.15, 0.2) is 5.96 Å². The molecule has 0 aromatic rings. The maximum atomic E-state index is 11.4. The van der Waals surface area contributed by atoms with E-state index in [9.17, 15) is 8.42 Å². The second kappa shape index (κ2) is 7.96. The molecule has 0 amide bonds. The third kappa shape index (κ3) is 6.27. The van der Waals surface area contributed by atoms with Crippen molar-refractivity contribution in [3.63, 3.8) is 0 Å². The summed E-state index contributed by atoms with van der Waals surface area (Å²) in [6.07, 6.45) is 7.72. The van der Waals surface area contributed by atoms with E-state index in [1.807, 2.05) is 11.9 Å². The molecule has 2 aliphatic carbocycles. The number of sulfonamides is 1. The van der Waals surface area contributed by atoms with Gasteiger partial charge in [0.05, 0.1) is 6.26 Å². The van der Waals surface area contributed by atoms with Crippen molar-refractivity contribution >= 4 is 40.0 Å². The van der Waals surface area contributed by atoms with Crippen molar-refractivity contribution in [2.24, 2.45) is 16.6 Å². The van der Waals surface area contributed by atoms with E-state index in [1.165, 1.54) is 19.1 Å². The van der Waals surface area contributed by atoms with Crippen LogP contribution in [0.5, 0.6) is 0 Å². The number of rotatable bonds is 5. The van der Waals surface area contributed by atoms with Crippen LogP contribution in [-0.4, -0.2) is 51.2 Å². The first-order chi connectivity index (χ1) is 9.37. The number of hydrogen-bond donors (Lipinski definition) is 2. The van der Waals surface area contributed by atoms with Gasteiger partial charge >= 0.3 is 0 Å². The van der Waals surface area contributed by atoms with Crippen molar-refractivity contribution in [2.45, 2.75) is 50.6 Å². The summed E-state index contributed by atoms with van der Waals surface area (Å²) in [6, 6.07) is 0.552.